The molecule has 0 aromatic carbocycles. The summed E-state index contributed by atoms with van der Waals surface area (Å²) in [6.45, 7) is 9.28. The number of esters is 1. The average molecular weight is 240 g/mol. The molecule has 1 aliphatic carbocycles. The first-order valence-electron chi connectivity index (χ1n) is 6.37. The molecule has 0 amide bonds. The van der Waals surface area contributed by atoms with Gasteiger partial charge in [0.25, 0.3) is 0 Å². The molecule has 1 fully saturated rings. The summed E-state index contributed by atoms with van der Waals surface area (Å²) in [6.07, 6.45) is 4.47. The van der Waals surface area contributed by atoms with E-state index in [0.717, 1.165) is 19.3 Å². The molecule has 0 unspecified atom stereocenters. The summed E-state index contributed by atoms with van der Waals surface area (Å²) in [4.78, 5) is 11.5. The summed E-state index contributed by atoms with van der Waals surface area (Å²) in [6, 6.07) is 0. The fourth-order valence-electron chi connectivity index (χ4n) is 2.60. The molecule has 1 N–H and O–H groups in total. The molecule has 17 heavy (non-hydrogen) atoms. The quantitative estimate of drug-likeness (QED) is 0.607. The van der Waals surface area contributed by atoms with E-state index in [2.05, 4.69) is 13.5 Å². The Kier molecular flexibility index (Phi) is 4.75. The number of ether oxygens (including phenoxy) is 1. The fraction of sp³-hybridized carbons (Fsp3) is 0.786. The lowest BCUT2D eigenvalue weighted by molar-refractivity contribution is -0.161. The predicted octanol–water partition coefficient (Wildman–Crippen LogP) is 2.68. The van der Waals surface area contributed by atoms with Crippen LogP contribution in [0.3, 0.4) is 0 Å². The largest absolute Gasteiger partial charge is 0.462 e. The second-order valence-electron chi connectivity index (χ2n) is 5.70. The summed E-state index contributed by atoms with van der Waals surface area (Å²) in [5, 5.41) is 10.1. The molecule has 0 heterocycles. The molecule has 1 rings (SSSR count). The van der Waals surface area contributed by atoms with Gasteiger partial charge in [-0.2, -0.15) is 0 Å². The van der Waals surface area contributed by atoms with E-state index in [4.69, 9.17) is 4.74 Å². The van der Waals surface area contributed by atoms with Crippen molar-refractivity contribution >= 4 is 5.97 Å². The third-order valence-corrected chi connectivity index (χ3v) is 3.56. The predicted molar refractivity (Wildman–Crippen MR) is 67.5 cm³/mol. The van der Waals surface area contributed by atoms with Crippen LogP contribution >= 0.6 is 0 Å². The van der Waals surface area contributed by atoms with Crippen molar-refractivity contribution in [3.63, 3.8) is 0 Å². The van der Waals surface area contributed by atoms with Crippen LogP contribution in [0.15, 0.2) is 12.7 Å². The third kappa shape index (κ3) is 4.15. The van der Waals surface area contributed by atoms with Crippen LogP contribution in [-0.2, 0) is 9.53 Å². The maximum absolute atomic E-state index is 11.5. The number of carbonyl (C=O) groups is 1. The minimum absolute atomic E-state index is 0.0347. The van der Waals surface area contributed by atoms with Crippen molar-refractivity contribution < 1.29 is 14.6 Å². The summed E-state index contributed by atoms with van der Waals surface area (Å²) < 4.78 is 5.47. The highest BCUT2D eigenvalue weighted by molar-refractivity contribution is 5.71. The van der Waals surface area contributed by atoms with Crippen LogP contribution in [0.2, 0.25) is 0 Å². The molecule has 0 bridgehead atoms. The molecule has 1 saturated carbocycles. The van der Waals surface area contributed by atoms with Crippen molar-refractivity contribution in [1.29, 1.82) is 0 Å². The van der Waals surface area contributed by atoms with Gasteiger partial charge in [-0.25, -0.2) is 0 Å². The molecule has 0 spiro atoms. The number of rotatable bonds is 4. The maximum Gasteiger partial charge on any atom is 0.309 e. The average Bonchev–Trinajstić information content (AvgIpc) is 2.15. The van der Waals surface area contributed by atoms with E-state index in [1.54, 1.807) is 19.9 Å². The van der Waals surface area contributed by atoms with Gasteiger partial charge in [0, 0.05) is 5.92 Å². The van der Waals surface area contributed by atoms with Gasteiger partial charge in [-0.1, -0.05) is 19.4 Å². The highest BCUT2D eigenvalue weighted by Gasteiger charge is 2.39. The van der Waals surface area contributed by atoms with Crippen LogP contribution < -0.4 is 0 Å². The standard InChI is InChI=1S/C14H24O3/c1-5-6-13(15)17-12-9-10(2)7-8-11(12)14(3,4)16/h5,10-12,16H,1,6-9H2,2-4H3/t10-,11-,12-/m0/s1. The van der Waals surface area contributed by atoms with Crippen LogP contribution in [0, 0.1) is 11.8 Å². The van der Waals surface area contributed by atoms with E-state index in [1.807, 2.05) is 0 Å². The summed E-state index contributed by atoms with van der Waals surface area (Å²) in [5.74, 6) is 0.343. The van der Waals surface area contributed by atoms with E-state index >= 15 is 0 Å². The lowest BCUT2D eigenvalue weighted by atomic mass is 9.73. The van der Waals surface area contributed by atoms with Crippen LogP contribution in [-0.4, -0.2) is 22.8 Å². The van der Waals surface area contributed by atoms with E-state index in [0.29, 0.717) is 5.92 Å². The topological polar surface area (TPSA) is 46.5 Å². The zero-order valence-corrected chi connectivity index (χ0v) is 11.1. The Labute approximate surface area is 104 Å². The fourth-order valence-corrected chi connectivity index (χ4v) is 2.60. The minimum Gasteiger partial charge on any atom is -0.462 e. The molecule has 0 aliphatic heterocycles. The first kappa shape index (κ1) is 14.2. The smallest absolute Gasteiger partial charge is 0.309 e. The number of aliphatic hydroxyl groups is 1. The van der Waals surface area contributed by atoms with Crippen molar-refractivity contribution in [1.82, 2.24) is 0 Å². The molecule has 3 nitrogen and oxygen atoms in total. The van der Waals surface area contributed by atoms with Crippen LogP contribution in [0.1, 0.15) is 46.5 Å². The Morgan fingerprint density at radius 2 is 2.18 bits per heavy atom. The van der Waals surface area contributed by atoms with Gasteiger partial charge in [-0.05, 0) is 32.6 Å². The molecule has 3 heteroatoms. The van der Waals surface area contributed by atoms with Gasteiger partial charge in [0.1, 0.15) is 6.10 Å². The summed E-state index contributed by atoms with van der Waals surface area (Å²) in [5.41, 5.74) is -0.792. The van der Waals surface area contributed by atoms with Crippen molar-refractivity contribution in [2.24, 2.45) is 11.8 Å². The third-order valence-electron chi connectivity index (χ3n) is 3.56. The molecular weight excluding hydrogens is 216 g/mol. The van der Waals surface area contributed by atoms with Crippen molar-refractivity contribution in [3.05, 3.63) is 12.7 Å². The van der Waals surface area contributed by atoms with E-state index in [1.165, 1.54) is 0 Å². The molecule has 3 atom stereocenters. The van der Waals surface area contributed by atoms with Crippen molar-refractivity contribution in [3.8, 4) is 0 Å². The highest BCUT2D eigenvalue weighted by atomic mass is 16.5. The van der Waals surface area contributed by atoms with Crippen molar-refractivity contribution in [2.75, 3.05) is 0 Å². The van der Waals surface area contributed by atoms with Gasteiger partial charge < -0.3 is 9.84 Å². The van der Waals surface area contributed by atoms with Gasteiger partial charge in [0.15, 0.2) is 0 Å². The van der Waals surface area contributed by atoms with Gasteiger partial charge in [0.2, 0.25) is 0 Å². The van der Waals surface area contributed by atoms with Crippen LogP contribution in [0.5, 0.6) is 0 Å². The zero-order chi connectivity index (χ0) is 13.1. The summed E-state index contributed by atoms with van der Waals surface area (Å²) >= 11 is 0. The number of carbonyl (C=O) groups excluding carboxylic acids is 1. The molecule has 0 saturated heterocycles. The highest BCUT2D eigenvalue weighted by Crippen LogP contribution is 2.37. The Hall–Kier alpha value is -0.830. The van der Waals surface area contributed by atoms with E-state index < -0.39 is 5.60 Å². The van der Waals surface area contributed by atoms with E-state index in [-0.39, 0.29) is 24.4 Å². The molecule has 0 aromatic rings. The maximum atomic E-state index is 11.5. The lowest BCUT2D eigenvalue weighted by Gasteiger charge is -2.40. The van der Waals surface area contributed by atoms with Crippen molar-refractivity contribution in [2.45, 2.75) is 58.2 Å². The lowest BCUT2D eigenvalue weighted by Crippen LogP contribution is -2.44. The first-order valence-corrected chi connectivity index (χ1v) is 6.37. The Morgan fingerprint density at radius 1 is 1.53 bits per heavy atom. The molecule has 98 valence electrons. The first-order chi connectivity index (χ1) is 7.84. The zero-order valence-electron chi connectivity index (χ0n) is 11.1. The van der Waals surface area contributed by atoms with Crippen LogP contribution in [0.4, 0.5) is 0 Å². The molecular formula is C14H24O3. The molecule has 1 aliphatic rings. The number of hydrogen-bond acceptors (Lipinski definition) is 3. The molecule has 0 aromatic heterocycles. The minimum atomic E-state index is -0.792. The van der Waals surface area contributed by atoms with Gasteiger partial charge in [-0.15, -0.1) is 6.58 Å². The number of hydrogen-bond donors (Lipinski definition) is 1. The van der Waals surface area contributed by atoms with Gasteiger partial charge in [0.05, 0.1) is 12.0 Å². The Bertz CT molecular complexity index is 278. The second-order valence-corrected chi connectivity index (χ2v) is 5.70. The summed E-state index contributed by atoms with van der Waals surface area (Å²) in [7, 11) is 0. The van der Waals surface area contributed by atoms with E-state index in [9.17, 15) is 9.90 Å². The normalized spacial score (nSPS) is 29.8. The monoisotopic (exact) mass is 240 g/mol. The van der Waals surface area contributed by atoms with Crippen LogP contribution in [0.25, 0.3) is 0 Å². The second kappa shape index (κ2) is 5.67. The van der Waals surface area contributed by atoms with Gasteiger partial charge in [-0.3, -0.25) is 4.79 Å². The molecule has 0 radical (unpaired) electrons. The Balaban J connectivity index is 2.68. The van der Waals surface area contributed by atoms with Gasteiger partial charge >= 0.3 is 5.97 Å². The SMILES string of the molecule is C=CCC(=O)O[C@H]1C[C@@H](C)CC[C@@H]1C(C)(C)O. The Morgan fingerprint density at radius 3 is 2.71 bits per heavy atom.